The molecule has 0 aliphatic rings. The lowest BCUT2D eigenvalue weighted by Crippen LogP contribution is -2.25. The fourth-order valence-electron chi connectivity index (χ4n) is 1.94. The largest absolute Gasteiger partial charge is 0.327 e. The number of thioether (sulfide) groups is 1. The van der Waals surface area contributed by atoms with E-state index in [1.165, 1.54) is 16.5 Å². The number of hydrogen-bond acceptors (Lipinski definition) is 2. The highest BCUT2D eigenvalue weighted by atomic mass is 79.9. The summed E-state index contributed by atoms with van der Waals surface area (Å²) in [6.45, 7) is 2.08. The third-order valence-electron chi connectivity index (χ3n) is 2.94. The SMILES string of the molecule is Cc1cccc(SCC(N)Cc2ccc(F)c(Br)c2)c1. The molecule has 0 bridgehead atoms. The van der Waals surface area contributed by atoms with Gasteiger partial charge in [-0.25, -0.2) is 4.39 Å². The quantitative estimate of drug-likeness (QED) is 0.797. The predicted octanol–water partition coefficient (Wildman–Crippen LogP) is 4.56. The van der Waals surface area contributed by atoms with Crippen molar-refractivity contribution in [1.82, 2.24) is 0 Å². The van der Waals surface area contributed by atoms with E-state index in [1.807, 2.05) is 0 Å². The first-order chi connectivity index (χ1) is 9.54. The number of halogens is 2. The highest BCUT2D eigenvalue weighted by Crippen LogP contribution is 2.21. The van der Waals surface area contributed by atoms with Crippen LogP contribution in [0.5, 0.6) is 0 Å². The van der Waals surface area contributed by atoms with Crippen molar-refractivity contribution in [3.8, 4) is 0 Å². The average Bonchev–Trinajstić information content (AvgIpc) is 2.41. The Morgan fingerprint density at radius 3 is 2.75 bits per heavy atom. The molecule has 1 unspecified atom stereocenters. The summed E-state index contributed by atoms with van der Waals surface area (Å²) in [6, 6.07) is 13.5. The zero-order chi connectivity index (χ0) is 14.5. The third kappa shape index (κ3) is 4.62. The Morgan fingerprint density at radius 2 is 2.05 bits per heavy atom. The minimum Gasteiger partial charge on any atom is -0.327 e. The lowest BCUT2D eigenvalue weighted by molar-refractivity contribution is 0.619. The van der Waals surface area contributed by atoms with E-state index in [9.17, 15) is 4.39 Å². The molecule has 0 spiro atoms. The van der Waals surface area contributed by atoms with Crippen molar-refractivity contribution >= 4 is 27.7 Å². The van der Waals surface area contributed by atoms with Gasteiger partial charge in [0.05, 0.1) is 4.47 Å². The Kier molecular flexibility index (Phi) is 5.64. The van der Waals surface area contributed by atoms with E-state index in [4.69, 9.17) is 5.73 Å². The molecule has 106 valence electrons. The highest BCUT2D eigenvalue weighted by Gasteiger charge is 2.07. The molecule has 0 saturated heterocycles. The first-order valence-corrected chi connectivity index (χ1v) is 8.21. The van der Waals surface area contributed by atoms with Gasteiger partial charge in [-0.3, -0.25) is 0 Å². The van der Waals surface area contributed by atoms with Crippen LogP contribution in [0.25, 0.3) is 0 Å². The molecular formula is C16H17BrFNS. The van der Waals surface area contributed by atoms with Crippen LogP contribution in [-0.4, -0.2) is 11.8 Å². The normalized spacial score (nSPS) is 12.4. The van der Waals surface area contributed by atoms with Gasteiger partial charge in [-0.05, 0) is 59.1 Å². The van der Waals surface area contributed by atoms with Gasteiger partial charge in [-0.15, -0.1) is 11.8 Å². The molecule has 0 fully saturated rings. The second-order valence-corrected chi connectivity index (χ2v) is 6.79. The molecule has 20 heavy (non-hydrogen) atoms. The lowest BCUT2D eigenvalue weighted by Gasteiger charge is -2.12. The summed E-state index contributed by atoms with van der Waals surface area (Å²) in [5.74, 6) is 0.606. The van der Waals surface area contributed by atoms with Crippen molar-refractivity contribution in [2.45, 2.75) is 24.3 Å². The van der Waals surface area contributed by atoms with Crippen LogP contribution < -0.4 is 5.73 Å². The third-order valence-corrected chi connectivity index (χ3v) is 4.73. The summed E-state index contributed by atoms with van der Waals surface area (Å²) >= 11 is 4.96. The molecule has 0 amide bonds. The Labute approximate surface area is 131 Å². The second-order valence-electron chi connectivity index (χ2n) is 4.84. The van der Waals surface area contributed by atoms with Crippen LogP contribution in [0.2, 0.25) is 0 Å². The van der Waals surface area contributed by atoms with E-state index in [0.29, 0.717) is 4.47 Å². The number of nitrogens with two attached hydrogens (primary N) is 1. The Bertz CT molecular complexity index is 588. The molecule has 1 nitrogen and oxygen atoms in total. The van der Waals surface area contributed by atoms with Crippen molar-refractivity contribution in [2.24, 2.45) is 5.73 Å². The van der Waals surface area contributed by atoms with Crippen molar-refractivity contribution < 1.29 is 4.39 Å². The number of aryl methyl sites for hydroxylation is 1. The van der Waals surface area contributed by atoms with Crippen molar-refractivity contribution in [3.63, 3.8) is 0 Å². The van der Waals surface area contributed by atoms with Crippen molar-refractivity contribution in [3.05, 3.63) is 63.9 Å². The standard InChI is InChI=1S/C16H17BrFNS/c1-11-3-2-4-14(7-11)20-10-13(19)8-12-5-6-16(18)15(17)9-12/h2-7,9,13H,8,10,19H2,1H3. The minimum atomic E-state index is -0.239. The molecule has 0 aliphatic carbocycles. The first-order valence-electron chi connectivity index (χ1n) is 6.43. The summed E-state index contributed by atoms with van der Waals surface area (Å²) in [5.41, 5.74) is 8.46. The fourth-order valence-corrected chi connectivity index (χ4v) is 3.33. The molecule has 0 radical (unpaired) electrons. The molecule has 2 rings (SSSR count). The first kappa shape index (κ1) is 15.5. The summed E-state index contributed by atoms with van der Waals surface area (Å²) < 4.78 is 13.7. The number of rotatable bonds is 5. The Morgan fingerprint density at radius 1 is 1.25 bits per heavy atom. The smallest absolute Gasteiger partial charge is 0.137 e. The van der Waals surface area contributed by atoms with E-state index in [1.54, 1.807) is 23.9 Å². The van der Waals surface area contributed by atoms with E-state index >= 15 is 0 Å². The summed E-state index contributed by atoms with van der Waals surface area (Å²) in [6.07, 6.45) is 0.748. The number of hydrogen-bond donors (Lipinski definition) is 1. The minimum absolute atomic E-state index is 0.0536. The van der Waals surface area contributed by atoms with Gasteiger partial charge >= 0.3 is 0 Å². The topological polar surface area (TPSA) is 26.0 Å². The van der Waals surface area contributed by atoms with Crippen molar-refractivity contribution in [1.29, 1.82) is 0 Å². The molecular weight excluding hydrogens is 337 g/mol. The van der Waals surface area contributed by atoms with Crippen LogP contribution in [0.4, 0.5) is 4.39 Å². The van der Waals surface area contributed by atoms with Crippen LogP contribution in [0.15, 0.2) is 51.8 Å². The molecule has 0 aromatic heterocycles. The van der Waals surface area contributed by atoms with Gasteiger partial charge in [0.15, 0.2) is 0 Å². The van der Waals surface area contributed by atoms with Gasteiger partial charge in [0.1, 0.15) is 5.82 Å². The molecule has 0 aliphatic heterocycles. The van der Waals surface area contributed by atoms with Gasteiger partial charge in [0.2, 0.25) is 0 Å². The Hall–Kier alpha value is -0.840. The van der Waals surface area contributed by atoms with Crippen LogP contribution in [0.3, 0.4) is 0 Å². The second kappa shape index (κ2) is 7.25. The zero-order valence-corrected chi connectivity index (χ0v) is 13.7. The highest BCUT2D eigenvalue weighted by molar-refractivity contribution is 9.10. The molecule has 2 N–H and O–H groups in total. The van der Waals surface area contributed by atoms with E-state index in [0.717, 1.165) is 17.7 Å². The lowest BCUT2D eigenvalue weighted by atomic mass is 10.1. The predicted molar refractivity (Wildman–Crippen MR) is 87.7 cm³/mol. The monoisotopic (exact) mass is 353 g/mol. The van der Waals surface area contributed by atoms with E-state index < -0.39 is 0 Å². The summed E-state index contributed by atoms with van der Waals surface area (Å²) in [4.78, 5) is 1.24. The molecule has 0 heterocycles. The molecule has 0 saturated carbocycles. The van der Waals surface area contributed by atoms with E-state index in [2.05, 4.69) is 47.1 Å². The fraction of sp³-hybridized carbons (Fsp3) is 0.250. The zero-order valence-electron chi connectivity index (χ0n) is 11.3. The molecule has 4 heteroatoms. The van der Waals surface area contributed by atoms with Gasteiger partial charge < -0.3 is 5.73 Å². The maximum Gasteiger partial charge on any atom is 0.137 e. The maximum absolute atomic E-state index is 13.2. The number of benzene rings is 2. The van der Waals surface area contributed by atoms with Crippen LogP contribution in [0.1, 0.15) is 11.1 Å². The van der Waals surface area contributed by atoms with Gasteiger partial charge in [0, 0.05) is 16.7 Å². The van der Waals surface area contributed by atoms with Crippen LogP contribution >= 0.6 is 27.7 Å². The van der Waals surface area contributed by atoms with Gasteiger partial charge in [-0.2, -0.15) is 0 Å². The van der Waals surface area contributed by atoms with Gasteiger partial charge in [0.25, 0.3) is 0 Å². The molecule has 2 aromatic rings. The van der Waals surface area contributed by atoms with Crippen molar-refractivity contribution in [2.75, 3.05) is 5.75 Å². The Balaban J connectivity index is 1.89. The summed E-state index contributed by atoms with van der Waals surface area (Å²) in [7, 11) is 0. The van der Waals surface area contributed by atoms with Gasteiger partial charge in [-0.1, -0.05) is 23.8 Å². The average molecular weight is 354 g/mol. The van der Waals surface area contributed by atoms with Crippen LogP contribution in [0, 0.1) is 12.7 Å². The molecule has 1 atom stereocenters. The van der Waals surface area contributed by atoms with Crippen LogP contribution in [-0.2, 0) is 6.42 Å². The molecule has 2 aromatic carbocycles. The summed E-state index contributed by atoms with van der Waals surface area (Å²) in [5, 5.41) is 0. The van der Waals surface area contributed by atoms with E-state index in [-0.39, 0.29) is 11.9 Å². The maximum atomic E-state index is 13.2.